The summed E-state index contributed by atoms with van der Waals surface area (Å²) in [4.78, 5) is 21.7. The molecule has 0 aromatic carbocycles. The number of hydrogen-bond donors (Lipinski definition) is 2. The molecule has 90 valence electrons. The minimum Gasteiger partial charge on any atom is -0.478 e. The Labute approximate surface area is 95.1 Å². The maximum Gasteiger partial charge on any atom is 0.328 e. The minimum atomic E-state index is -0.985. The van der Waals surface area contributed by atoms with E-state index in [1.807, 2.05) is 6.92 Å². The van der Waals surface area contributed by atoms with Crippen molar-refractivity contribution in [2.45, 2.75) is 45.2 Å². The van der Waals surface area contributed by atoms with E-state index in [0.717, 1.165) is 18.9 Å². The van der Waals surface area contributed by atoms with Gasteiger partial charge in [-0.25, -0.2) is 10.2 Å². The Kier molecular flexibility index (Phi) is 4.49. The van der Waals surface area contributed by atoms with Crippen LogP contribution in [-0.2, 0) is 9.59 Å². The van der Waals surface area contributed by atoms with E-state index < -0.39 is 5.97 Å². The Morgan fingerprint density at radius 3 is 2.94 bits per heavy atom. The number of carboxylic acid groups (broad SMARTS) is 1. The maximum atomic E-state index is 11.3. The van der Waals surface area contributed by atoms with Crippen molar-refractivity contribution in [3.63, 3.8) is 0 Å². The number of amides is 1. The molecule has 1 fully saturated rings. The predicted molar refractivity (Wildman–Crippen MR) is 59.5 cm³/mol. The SMILES string of the molecule is CCCC(C)NN1C(=O)CC1C=CC(=O)O. The third-order valence-corrected chi connectivity index (χ3v) is 2.53. The molecule has 1 heterocycles. The second-order valence-electron chi connectivity index (χ2n) is 4.05. The summed E-state index contributed by atoms with van der Waals surface area (Å²) >= 11 is 0. The first-order chi connectivity index (χ1) is 7.54. The number of carbonyl (C=O) groups is 2. The molecular weight excluding hydrogens is 208 g/mol. The lowest BCUT2D eigenvalue weighted by Gasteiger charge is -2.40. The zero-order valence-corrected chi connectivity index (χ0v) is 9.64. The van der Waals surface area contributed by atoms with E-state index in [1.165, 1.54) is 11.1 Å². The van der Waals surface area contributed by atoms with Gasteiger partial charge < -0.3 is 5.11 Å². The predicted octanol–water partition coefficient (Wildman–Crippen LogP) is 0.921. The van der Waals surface area contributed by atoms with E-state index in [1.54, 1.807) is 0 Å². The van der Waals surface area contributed by atoms with Gasteiger partial charge in [0.25, 0.3) is 0 Å². The number of carbonyl (C=O) groups excluding carboxylic acids is 1. The monoisotopic (exact) mass is 226 g/mol. The number of carboxylic acids is 1. The molecule has 2 unspecified atom stereocenters. The van der Waals surface area contributed by atoms with Gasteiger partial charge in [0, 0.05) is 12.1 Å². The molecule has 0 aromatic heterocycles. The summed E-state index contributed by atoms with van der Waals surface area (Å²) in [5, 5.41) is 10.0. The van der Waals surface area contributed by atoms with Crippen LogP contribution in [0, 0.1) is 0 Å². The van der Waals surface area contributed by atoms with Crippen LogP contribution in [0.4, 0.5) is 0 Å². The number of hydrazine groups is 1. The van der Waals surface area contributed by atoms with Gasteiger partial charge in [-0.1, -0.05) is 19.4 Å². The lowest BCUT2D eigenvalue weighted by Crippen LogP contribution is -2.60. The van der Waals surface area contributed by atoms with Crippen molar-refractivity contribution >= 4 is 11.9 Å². The summed E-state index contributed by atoms with van der Waals surface area (Å²) in [6, 6.07) is 0.109. The van der Waals surface area contributed by atoms with Crippen molar-refractivity contribution < 1.29 is 14.7 Å². The van der Waals surface area contributed by atoms with Crippen LogP contribution >= 0.6 is 0 Å². The molecule has 0 saturated carbocycles. The van der Waals surface area contributed by atoms with Gasteiger partial charge in [0.05, 0.1) is 12.5 Å². The Bertz CT molecular complexity index is 302. The number of rotatable bonds is 6. The van der Waals surface area contributed by atoms with Crippen LogP contribution in [0.5, 0.6) is 0 Å². The highest BCUT2D eigenvalue weighted by molar-refractivity contribution is 5.85. The minimum absolute atomic E-state index is 0.0167. The molecule has 0 radical (unpaired) electrons. The van der Waals surface area contributed by atoms with Crippen LogP contribution in [0.1, 0.15) is 33.1 Å². The summed E-state index contributed by atoms with van der Waals surface area (Å²) in [5.41, 5.74) is 3.08. The second kappa shape index (κ2) is 5.65. The number of nitrogens with zero attached hydrogens (tertiary/aromatic N) is 1. The van der Waals surface area contributed by atoms with Gasteiger partial charge in [0.1, 0.15) is 0 Å². The van der Waals surface area contributed by atoms with Gasteiger partial charge in [-0.3, -0.25) is 9.80 Å². The fourth-order valence-electron chi connectivity index (χ4n) is 1.69. The van der Waals surface area contributed by atoms with Gasteiger partial charge in [-0.2, -0.15) is 0 Å². The zero-order valence-electron chi connectivity index (χ0n) is 9.64. The number of β-lactam (4-membered cyclic amide) rings is 1. The molecule has 2 N–H and O–H groups in total. The molecule has 5 heteroatoms. The molecule has 16 heavy (non-hydrogen) atoms. The lowest BCUT2D eigenvalue weighted by molar-refractivity contribution is -0.150. The molecule has 2 atom stereocenters. The van der Waals surface area contributed by atoms with Gasteiger partial charge in [-0.05, 0) is 13.3 Å². The van der Waals surface area contributed by atoms with E-state index in [2.05, 4.69) is 12.3 Å². The van der Waals surface area contributed by atoms with Crippen LogP contribution in [0.15, 0.2) is 12.2 Å². The van der Waals surface area contributed by atoms with Crippen molar-refractivity contribution in [3.05, 3.63) is 12.2 Å². The van der Waals surface area contributed by atoms with Gasteiger partial charge >= 0.3 is 5.97 Å². The van der Waals surface area contributed by atoms with Crippen molar-refractivity contribution in [3.8, 4) is 0 Å². The lowest BCUT2D eigenvalue weighted by atomic mass is 10.0. The fraction of sp³-hybridized carbons (Fsp3) is 0.636. The third-order valence-electron chi connectivity index (χ3n) is 2.53. The molecule has 1 aliphatic heterocycles. The Morgan fingerprint density at radius 2 is 2.44 bits per heavy atom. The van der Waals surface area contributed by atoms with Gasteiger partial charge in [0.15, 0.2) is 0 Å². The van der Waals surface area contributed by atoms with Crippen molar-refractivity contribution in [2.75, 3.05) is 0 Å². The normalized spacial score (nSPS) is 22.2. The van der Waals surface area contributed by atoms with E-state index >= 15 is 0 Å². The molecule has 1 rings (SSSR count). The van der Waals surface area contributed by atoms with Crippen molar-refractivity contribution in [1.82, 2.24) is 10.4 Å². The van der Waals surface area contributed by atoms with Crippen LogP contribution in [0.2, 0.25) is 0 Å². The molecule has 0 aromatic rings. The standard InChI is InChI=1S/C11H18N2O3/c1-3-4-8(2)12-13-9(7-10(13)14)5-6-11(15)16/h5-6,8-9,12H,3-4,7H2,1-2H3,(H,15,16). The number of aliphatic carboxylic acids is 1. The second-order valence-corrected chi connectivity index (χ2v) is 4.05. The quantitative estimate of drug-likeness (QED) is 0.522. The highest BCUT2D eigenvalue weighted by Gasteiger charge is 2.34. The zero-order chi connectivity index (χ0) is 12.1. The summed E-state index contributed by atoms with van der Waals surface area (Å²) < 4.78 is 0. The summed E-state index contributed by atoms with van der Waals surface area (Å²) in [5.74, 6) is -0.969. The first-order valence-corrected chi connectivity index (χ1v) is 5.54. The summed E-state index contributed by atoms with van der Waals surface area (Å²) in [6.07, 6.45) is 5.03. The first kappa shape index (κ1) is 12.7. The molecule has 1 aliphatic rings. The Balaban J connectivity index is 2.44. The Morgan fingerprint density at radius 1 is 1.75 bits per heavy atom. The van der Waals surface area contributed by atoms with E-state index in [9.17, 15) is 9.59 Å². The summed E-state index contributed by atoms with van der Waals surface area (Å²) in [7, 11) is 0. The van der Waals surface area contributed by atoms with Gasteiger partial charge in [0.2, 0.25) is 5.91 Å². The van der Waals surface area contributed by atoms with Crippen molar-refractivity contribution in [1.29, 1.82) is 0 Å². The maximum absolute atomic E-state index is 11.3. The third kappa shape index (κ3) is 3.34. The summed E-state index contributed by atoms with van der Waals surface area (Å²) in [6.45, 7) is 4.09. The molecule has 0 spiro atoms. The van der Waals surface area contributed by atoms with Crippen LogP contribution in [-0.4, -0.2) is 34.1 Å². The molecule has 1 saturated heterocycles. The highest BCUT2D eigenvalue weighted by Crippen LogP contribution is 2.18. The molecule has 1 amide bonds. The molecular formula is C11H18N2O3. The van der Waals surface area contributed by atoms with E-state index in [4.69, 9.17) is 5.11 Å². The average molecular weight is 226 g/mol. The Hall–Kier alpha value is -1.36. The molecule has 5 nitrogen and oxygen atoms in total. The molecule has 0 aliphatic carbocycles. The van der Waals surface area contributed by atoms with Gasteiger partial charge in [-0.15, -0.1) is 0 Å². The van der Waals surface area contributed by atoms with E-state index in [-0.39, 0.29) is 18.0 Å². The first-order valence-electron chi connectivity index (χ1n) is 5.54. The molecule has 0 bridgehead atoms. The fourth-order valence-corrected chi connectivity index (χ4v) is 1.69. The highest BCUT2D eigenvalue weighted by atomic mass is 16.4. The topological polar surface area (TPSA) is 69.6 Å². The van der Waals surface area contributed by atoms with Crippen LogP contribution in [0.25, 0.3) is 0 Å². The smallest absolute Gasteiger partial charge is 0.328 e. The number of hydrogen-bond acceptors (Lipinski definition) is 3. The van der Waals surface area contributed by atoms with E-state index in [0.29, 0.717) is 6.42 Å². The van der Waals surface area contributed by atoms with Crippen LogP contribution < -0.4 is 5.43 Å². The average Bonchev–Trinajstić information content (AvgIpc) is 2.21. The largest absolute Gasteiger partial charge is 0.478 e. The van der Waals surface area contributed by atoms with Crippen LogP contribution in [0.3, 0.4) is 0 Å². The number of nitrogens with one attached hydrogen (secondary N) is 1. The van der Waals surface area contributed by atoms with Crippen molar-refractivity contribution in [2.24, 2.45) is 0 Å².